The molecule has 5 nitrogen and oxygen atoms in total. The van der Waals surface area contributed by atoms with Crippen LogP contribution in [0.5, 0.6) is 0 Å². The van der Waals surface area contributed by atoms with Crippen LogP contribution in [0.25, 0.3) is 5.69 Å². The van der Waals surface area contributed by atoms with E-state index >= 15 is 0 Å². The monoisotopic (exact) mass is 275 g/mol. The summed E-state index contributed by atoms with van der Waals surface area (Å²) in [7, 11) is 0. The summed E-state index contributed by atoms with van der Waals surface area (Å²) in [5, 5.41) is 16.1. The lowest BCUT2D eigenvalue weighted by Gasteiger charge is -2.19. The van der Waals surface area contributed by atoms with E-state index in [1.807, 2.05) is 42.1 Å². The van der Waals surface area contributed by atoms with Gasteiger partial charge in [-0.2, -0.15) is 16.4 Å². The van der Waals surface area contributed by atoms with Crippen molar-refractivity contribution in [2.45, 2.75) is 30.6 Å². The van der Waals surface area contributed by atoms with Crippen molar-refractivity contribution >= 4 is 17.7 Å². The van der Waals surface area contributed by atoms with Gasteiger partial charge in [0.1, 0.15) is 0 Å². The zero-order valence-electron chi connectivity index (χ0n) is 10.9. The maximum atomic E-state index is 4.11. The van der Waals surface area contributed by atoms with E-state index in [2.05, 4.69) is 27.1 Å². The first-order chi connectivity index (χ1) is 9.38. The van der Waals surface area contributed by atoms with Crippen LogP contribution in [0.15, 0.2) is 30.3 Å². The molecule has 0 amide bonds. The van der Waals surface area contributed by atoms with E-state index < -0.39 is 0 Å². The first-order valence-electron chi connectivity index (χ1n) is 6.51. The molecule has 1 aromatic carbocycles. The molecule has 1 saturated carbocycles. The summed E-state index contributed by atoms with van der Waals surface area (Å²) in [5.74, 6) is 0.733. The van der Waals surface area contributed by atoms with Crippen LogP contribution in [-0.4, -0.2) is 37.8 Å². The van der Waals surface area contributed by atoms with Crippen LogP contribution in [0.3, 0.4) is 0 Å². The molecular formula is C13H17N5S. The molecule has 2 atom stereocenters. The molecule has 1 N–H and O–H groups in total. The van der Waals surface area contributed by atoms with Gasteiger partial charge in [0.05, 0.1) is 5.69 Å². The molecular weight excluding hydrogens is 258 g/mol. The van der Waals surface area contributed by atoms with E-state index in [-0.39, 0.29) is 0 Å². The van der Waals surface area contributed by atoms with E-state index in [1.165, 1.54) is 19.3 Å². The second kappa shape index (κ2) is 5.61. The minimum Gasteiger partial charge on any atom is -0.349 e. The number of nitrogens with one attached hydrogen (secondary N) is 1. The zero-order chi connectivity index (χ0) is 13.1. The SMILES string of the molecule is CSC1CCCC1Nc1nnnn1-c1ccccc1. The van der Waals surface area contributed by atoms with Crippen molar-refractivity contribution in [3.8, 4) is 5.69 Å². The number of para-hydroxylation sites is 1. The fourth-order valence-electron chi connectivity index (χ4n) is 2.56. The number of hydrogen-bond acceptors (Lipinski definition) is 5. The highest BCUT2D eigenvalue weighted by Gasteiger charge is 2.27. The Morgan fingerprint density at radius 3 is 2.89 bits per heavy atom. The second-order valence-electron chi connectivity index (χ2n) is 4.71. The van der Waals surface area contributed by atoms with Crippen molar-refractivity contribution in [2.75, 3.05) is 11.6 Å². The molecule has 19 heavy (non-hydrogen) atoms. The minimum atomic E-state index is 0.462. The molecule has 0 radical (unpaired) electrons. The third kappa shape index (κ3) is 2.58. The van der Waals surface area contributed by atoms with Gasteiger partial charge in [-0.25, -0.2) is 0 Å². The number of tetrazole rings is 1. The van der Waals surface area contributed by atoms with Crippen LogP contribution < -0.4 is 5.32 Å². The first kappa shape index (κ1) is 12.5. The zero-order valence-corrected chi connectivity index (χ0v) is 11.7. The van der Waals surface area contributed by atoms with Crippen LogP contribution in [0.1, 0.15) is 19.3 Å². The average Bonchev–Trinajstić information content (AvgIpc) is 3.09. The van der Waals surface area contributed by atoms with Gasteiger partial charge in [-0.3, -0.25) is 0 Å². The van der Waals surface area contributed by atoms with Crippen LogP contribution >= 0.6 is 11.8 Å². The molecule has 6 heteroatoms. The van der Waals surface area contributed by atoms with E-state index in [0.29, 0.717) is 11.3 Å². The van der Waals surface area contributed by atoms with E-state index in [4.69, 9.17) is 0 Å². The third-order valence-corrected chi connectivity index (χ3v) is 4.71. The maximum Gasteiger partial charge on any atom is 0.248 e. The lowest BCUT2D eigenvalue weighted by atomic mass is 10.2. The normalized spacial score (nSPS) is 22.6. The van der Waals surface area contributed by atoms with Crippen LogP contribution in [-0.2, 0) is 0 Å². The Labute approximate surface area is 116 Å². The molecule has 0 aliphatic heterocycles. The highest BCUT2D eigenvalue weighted by atomic mass is 32.2. The Kier molecular flexibility index (Phi) is 3.68. The summed E-state index contributed by atoms with van der Waals surface area (Å²) in [6, 6.07) is 10.4. The highest BCUT2D eigenvalue weighted by Crippen LogP contribution is 2.30. The van der Waals surface area contributed by atoms with E-state index in [1.54, 1.807) is 4.68 Å². The fraction of sp³-hybridized carbons (Fsp3) is 0.462. The van der Waals surface area contributed by atoms with Crippen molar-refractivity contribution < 1.29 is 0 Å². The maximum absolute atomic E-state index is 4.11. The topological polar surface area (TPSA) is 55.6 Å². The number of anilines is 1. The number of benzene rings is 1. The third-order valence-electron chi connectivity index (χ3n) is 3.54. The molecule has 0 saturated heterocycles. The minimum absolute atomic E-state index is 0.462. The van der Waals surface area contributed by atoms with Gasteiger partial charge in [0.15, 0.2) is 0 Å². The summed E-state index contributed by atoms with van der Waals surface area (Å²) in [4.78, 5) is 0. The van der Waals surface area contributed by atoms with E-state index in [0.717, 1.165) is 11.6 Å². The van der Waals surface area contributed by atoms with Gasteiger partial charge in [0, 0.05) is 11.3 Å². The number of hydrogen-bond donors (Lipinski definition) is 1. The smallest absolute Gasteiger partial charge is 0.248 e. The van der Waals surface area contributed by atoms with Crippen LogP contribution in [0, 0.1) is 0 Å². The Morgan fingerprint density at radius 1 is 1.26 bits per heavy atom. The summed E-state index contributed by atoms with van der Waals surface area (Å²) < 4.78 is 1.76. The van der Waals surface area contributed by atoms with Gasteiger partial charge in [-0.1, -0.05) is 29.7 Å². The first-order valence-corrected chi connectivity index (χ1v) is 7.80. The molecule has 1 aromatic heterocycles. The van der Waals surface area contributed by atoms with Crippen LogP contribution in [0.2, 0.25) is 0 Å². The average molecular weight is 275 g/mol. The Bertz CT molecular complexity index is 527. The Balaban J connectivity index is 1.81. The molecule has 3 rings (SSSR count). The van der Waals surface area contributed by atoms with Gasteiger partial charge < -0.3 is 5.32 Å². The lowest BCUT2D eigenvalue weighted by Crippen LogP contribution is -2.27. The summed E-state index contributed by atoms with van der Waals surface area (Å²) in [6.45, 7) is 0. The van der Waals surface area contributed by atoms with Crippen molar-refractivity contribution in [3.63, 3.8) is 0 Å². The molecule has 1 aliphatic carbocycles. The van der Waals surface area contributed by atoms with Gasteiger partial charge >= 0.3 is 0 Å². The molecule has 2 unspecified atom stereocenters. The second-order valence-corrected chi connectivity index (χ2v) is 5.78. The lowest BCUT2D eigenvalue weighted by molar-refractivity contribution is 0.740. The Morgan fingerprint density at radius 2 is 2.11 bits per heavy atom. The predicted molar refractivity (Wildman–Crippen MR) is 77.7 cm³/mol. The molecule has 1 heterocycles. The highest BCUT2D eigenvalue weighted by molar-refractivity contribution is 7.99. The van der Waals surface area contributed by atoms with Crippen molar-refractivity contribution in [1.29, 1.82) is 0 Å². The molecule has 100 valence electrons. The quantitative estimate of drug-likeness (QED) is 0.928. The standard InChI is InChI=1S/C13H17N5S/c1-19-12-9-5-8-11(12)14-13-15-16-17-18(13)10-6-3-2-4-7-10/h2-4,6-7,11-12H,5,8-9H2,1H3,(H,14,15,17). The fourth-order valence-corrected chi connectivity index (χ4v) is 3.49. The van der Waals surface area contributed by atoms with Gasteiger partial charge in [0.25, 0.3) is 0 Å². The number of thioether (sulfide) groups is 1. The number of aromatic nitrogens is 4. The van der Waals surface area contributed by atoms with Crippen LogP contribution in [0.4, 0.5) is 5.95 Å². The van der Waals surface area contributed by atoms with Crippen molar-refractivity contribution in [2.24, 2.45) is 0 Å². The molecule has 1 aliphatic rings. The Hall–Kier alpha value is -1.56. The van der Waals surface area contributed by atoms with Crippen molar-refractivity contribution in [3.05, 3.63) is 30.3 Å². The molecule has 0 bridgehead atoms. The largest absolute Gasteiger partial charge is 0.349 e. The summed E-state index contributed by atoms with van der Waals surface area (Å²) >= 11 is 1.92. The van der Waals surface area contributed by atoms with E-state index in [9.17, 15) is 0 Å². The molecule has 0 spiro atoms. The number of nitrogens with zero attached hydrogens (tertiary/aromatic N) is 4. The molecule has 2 aromatic rings. The summed E-state index contributed by atoms with van der Waals surface area (Å²) in [5.41, 5.74) is 0.980. The van der Waals surface area contributed by atoms with Gasteiger partial charge in [0.2, 0.25) is 5.95 Å². The van der Waals surface area contributed by atoms with Gasteiger partial charge in [-0.05, 0) is 41.7 Å². The van der Waals surface area contributed by atoms with Crippen molar-refractivity contribution in [1.82, 2.24) is 20.2 Å². The molecule has 1 fully saturated rings. The summed E-state index contributed by atoms with van der Waals surface area (Å²) in [6.07, 6.45) is 5.90. The van der Waals surface area contributed by atoms with Gasteiger partial charge in [-0.15, -0.1) is 0 Å². The predicted octanol–water partition coefficient (Wildman–Crippen LogP) is 2.36. The number of rotatable bonds is 4.